The lowest BCUT2D eigenvalue weighted by Crippen LogP contribution is -2.52. The van der Waals surface area contributed by atoms with E-state index in [1.165, 1.54) is 17.5 Å². The van der Waals surface area contributed by atoms with Crippen LogP contribution in [0.2, 0.25) is 0 Å². The molecule has 0 bridgehead atoms. The Morgan fingerprint density at radius 2 is 1.67 bits per heavy atom. The van der Waals surface area contributed by atoms with Gasteiger partial charge in [0.15, 0.2) is 0 Å². The van der Waals surface area contributed by atoms with Crippen LogP contribution >= 0.6 is 0 Å². The first-order valence-corrected chi connectivity index (χ1v) is 9.17. The summed E-state index contributed by atoms with van der Waals surface area (Å²) in [5.41, 5.74) is 2.51. The second kappa shape index (κ2) is 5.71. The van der Waals surface area contributed by atoms with Crippen LogP contribution in [0, 0.1) is 0 Å². The summed E-state index contributed by atoms with van der Waals surface area (Å²) in [7, 11) is -3.44. The molecule has 1 aliphatic carbocycles. The van der Waals surface area contributed by atoms with E-state index in [1.807, 2.05) is 26.0 Å². The maximum atomic E-state index is 13.0. The summed E-state index contributed by atoms with van der Waals surface area (Å²) < 4.78 is 33.0. The first kappa shape index (κ1) is 15.0. The molecule has 1 heterocycles. The van der Waals surface area contributed by atoms with E-state index in [0.29, 0.717) is 18.1 Å². The van der Waals surface area contributed by atoms with Gasteiger partial charge in [-0.15, -0.1) is 0 Å². The number of morpholine rings is 1. The van der Waals surface area contributed by atoms with Crippen molar-refractivity contribution in [3.05, 3.63) is 29.3 Å². The Morgan fingerprint density at radius 1 is 1.05 bits per heavy atom. The van der Waals surface area contributed by atoms with Crippen LogP contribution in [-0.4, -0.2) is 38.0 Å². The van der Waals surface area contributed by atoms with Crippen molar-refractivity contribution in [1.82, 2.24) is 4.31 Å². The minimum absolute atomic E-state index is 0.116. The third-order valence-corrected chi connectivity index (χ3v) is 6.61. The highest BCUT2D eigenvalue weighted by Crippen LogP contribution is 2.28. The second-order valence-corrected chi connectivity index (χ2v) is 8.05. The van der Waals surface area contributed by atoms with E-state index in [0.717, 1.165) is 19.3 Å². The Bertz CT molecular complexity index is 616. The normalized spacial score (nSPS) is 27.3. The van der Waals surface area contributed by atoms with E-state index in [-0.39, 0.29) is 12.1 Å². The van der Waals surface area contributed by atoms with Gasteiger partial charge in [0.05, 0.1) is 18.1 Å². The van der Waals surface area contributed by atoms with E-state index in [4.69, 9.17) is 4.74 Å². The summed E-state index contributed by atoms with van der Waals surface area (Å²) in [6.45, 7) is 4.75. The minimum atomic E-state index is -3.44. The molecule has 1 aromatic rings. The number of ether oxygens (including phenoxy) is 1. The molecule has 3 rings (SSSR count). The fourth-order valence-corrected chi connectivity index (χ4v) is 5.30. The number of fused-ring (bicyclic) bond motifs is 1. The Hall–Kier alpha value is -0.910. The molecule has 2 unspecified atom stereocenters. The molecule has 0 N–H and O–H groups in total. The quantitative estimate of drug-likeness (QED) is 0.842. The molecule has 0 spiro atoms. The zero-order valence-electron chi connectivity index (χ0n) is 12.7. The number of benzene rings is 1. The molecule has 4 nitrogen and oxygen atoms in total. The fraction of sp³-hybridized carbons (Fsp3) is 0.625. The van der Waals surface area contributed by atoms with E-state index in [9.17, 15) is 8.42 Å². The van der Waals surface area contributed by atoms with Gasteiger partial charge in [0.1, 0.15) is 0 Å². The topological polar surface area (TPSA) is 46.6 Å². The van der Waals surface area contributed by atoms with Gasteiger partial charge in [-0.1, -0.05) is 6.07 Å². The molecular formula is C16H23NO3S. The zero-order valence-corrected chi connectivity index (χ0v) is 13.5. The molecule has 21 heavy (non-hydrogen) atoms. The highest BCUT2D eigenvalue weighted by molar-refractivity contribution is 7.89. The van der Waals surface area contributed by atoms with Crippen LogP contribution in [0.5, 0.6) is 0 Å². The van der Waals surface area contributed by atoms with Crippen molar-refractivity contribution in [3.8, 4) is 0 Å². The Morgan fingerprint density at radius 3 is 2.33 bits per heavy atom. The summed E-state index contributed by atoms with van der Waals surface area (Å²) in [6, 6.07) is 5.43. The van der Waals surface area contributed by atoms with Crippen LogP contribution in [0.3, 0.4) is 0 Å². The van der Waals surface area contributed by atoms with Gasteiger partial charge in [-0.2, -0.15) is 4.31 Å². The van der Waals surface area contributed by atoms with Crippen molar-refractivity contribution >= 4 is 10.0 Å². The lowest BCUT2D eigenvalue weighted by Gasteiger charge is -2.37. The number of rotatable bonds is 2. The Labute approximate surface area is 127 Å². The van der Waals surface area contributed by atoms with Gasteiger partial charge in [0, 0.05) is 12.1 Å². The molecular weight excluding hydrogens is 286 g/mol. The number of hydrogen-bond acceptors (Lipinski definition) is 3. The molecule has 1 aromatic carbocycles. The predicted octanol–water partition coefficient (Wildman–Crippen LogP) is 2.36. The third-order valence-electron chi connectivity index (χ3n) is 4.48. The molecule has 0 radical (unpaired) electrons. The summed E-state index contributed by atoms with van der Waals surface area (Å²) in [4.78, 5) is 0.434. The van der Waals surface area contributed by atoms with Crippen LogP contribution < -0.4 is 0 Å². The van der Waals surface area contributed by atoms with E-state index >= 15 is 0 Å². The van der Waals surface area contributed by atoms with Crippen LogP contribution in [0.4, 0.5) is 0 Å². The van der Waals surface area contributed by atoms with Gasteiger partial charge in [0.2, 0.25) is 10.0 Å². The van der Waals surface area contributed by atoms with Crippen molar-refractivity contribution in [3.63, 3.8) is 0 Å². The summed E-state index contributed by atoms with van der Waals surface area (Å²) >= 11 is 0. The number of sulfonamides is 1. The second-order valence-electron chi connectivity index (χ2n) is 6.21. The van der Waals surface area contributed by atoms with Crippen LogP contribution in [0.1, 0.15) is 37.8 Å². The zero-order chi connectivity index (χ0) is 15.0. The molecule has 1 fully saturated rings. The minimum Gasteiger partial charge on any atom is -0.378 e. The maximum absolute atomic E-state index is 13.0. The summed E-state index contributed by atoms with van der Waals surface area (Å²) in [5.74, 6) is 0. The Balaban J connectivity index is 1.97. The molecule has 1 saturated heterocycles. The van der Waals surface area contributed by atoms with Crippen LogP contribution in [-0.2, 0) is 27.6 Å². The van der Waals surface area contributed by atoms with Gasteiger partial charge in [-0.05, 0) is 62.8 Å². The third kappa shape index (κ3) is 2.74. The standard InChI is InChI=1S/C16H23NO3S/c1-12-10-20-11-13(2)17(12)21(18,19)16-8-7-14-5-3-4-6-15(14)9-16/h7-9,12-13H,3-6,10-11H2,1-2H3. The van der Waals surface area contributed by atoms with E-state index in [1.54, 1.807) is 10.4 Å². The van der Waals surface area contributed by atoms with Gasteiger partial charge in [0.25, 0.3) is 0 Å². The molecule has 0 saturated carbocycles. The number of aryl methyl sites for hydroxylation is 2. The summed E-state index contributed by atoms with van der Waals surface area (Å²) in [6.07, 6.45) is 4.42. The smallest absolute Gasteiger partial charge is 0.243 e. The van der Waals surface area contributed by atoms with Crippen LogP contribution in [0.15, 0.2) is 23.1 Å². The highest BCUT2D eigenvalue weighted by atomic mass is 32.2. The monoisotopic (exact) mass is 309 g/mol. The van der Waals surface area contributed by atoms with Crippen molar-refractivity contribution in [2.45, 2.75) is 56.5 Å². The predicted molar refractivity (Wildman–Crippen MR) is 81.9 cm³/mol. The highest BCUT2D eigenvalue weighted by Gasteiger charge is 2.36. The van der Waals surface area contributed by atoms with Gasteiger partial charge < -0.3 is 4.74 Å². The molecule has 5 heteroatoms. The first-order chi connectivity index (χ1) is 10.00. The van der Waals surface area contributed by atoms with Crippen molar-refractivity contribution in [2.75, 3.05) is 13.2 Å². The van der Waals surface area contributed by atoms with Crippen molar-refractivity contribution in [2.24, 2.45) is 0 Å². The van der Waals surface area contributed by atoms with Gasteiger partial charge in [-0.25, -0.2) is 8.42 Å². The number of hydrogen-bond donors (Lipinski definition) is 0. The largest absolute Gasteiger partial charge is 0.378 e. The van der Waals surface area contributed by atoms with Gasteiger partial charge in [-0.3, -0.25) is 0 Å². The van der Waals surface area contributed by atoms with Crippen molar-refractivity contribution < 1.29 is 13.2 Å². The maximum Gasteiger partial charge on any atom is 0.243 e. The fourth-order valence-electron chi connectivity index (χ4n) is 3.46. The van der Waals surface area contributed by atoms with Crippen LogP contribution in [0.25, 0.3) is 0 Å². The average molecular weight is 309 g/mol. The van der Waals surface area contributed by atoms with E-state index < -0.39 is 10.0 Å². The summed E-state index contributed by atoms with van der Waals surface area (Å²) in [5, 5.41) is 0. The van der Waals surface area contributed by atoms with Crippen molar-refractivity contribution in [1.29, 1.82) is 0 Å². The molecule has 1 aliphatic heterocycles. The lowest BCUT2D eigenvalue weighted by atomic mass is 9.92. The van der Waals surface area contributed by atoms with E-state index in [2.05, 4.69) is 0 Å². The SMILES string of the molecule is CC1COCC(C)N1S(=O)(=O)c1ccc2c(c1)CCCC2. The number of nitrogens with zero attached hydrogens (tertiary/aromatic N) is 1. The molecule has 0 amide bonds. The van der Waals surface area contributed by atoms with Gasteiger partial charge >= 0.3 is 0 Å². The molecule has 0 aromatic heterocycles. The Kier molecular flexibility index (Phi) is 4.08. The molecule has 2 atom stereocenters. The molecule has 2 aliphatic rings. The molecule has 116 valence electrons. The average Bonchev–Trinajstić information content (AvgIpc) is 2.46. The lowest BCUT2D eigenvalue weighted by molar-refractivity contribution is 0.00636. The first-order valence-electron chi connectivity index (χ1n) is 7.73.